The van der Waals surface area contributed by atoms with Crippen LogP contribution in [0.3, 0.4) is 0 Å². The molecule has 1 N–H and O–H groups in total. The molecular formula is C16H21NO5. The average molecular weight is 307 g/mol. The lowest BCUT2D eigenvalue weighted by atomic mass is 9.91. The molecule has 1 aliphatic rings. The Morgan fingerprint density at radius 3 is 2.64 bits per heavy atom. The summed E-state index contributed by atoms with van der Waals surface area (Å²) in [7, 11) is 3.12. The lowest BCUT2D eigenvalue weighted by Gasteiger charge is -2.18. The fraction of sp³-hybridized carbons (Fsp3) is 0.438. The van der Waals surface area contributed by atoms with Crippen molar-refractivity contribution in [2.24, 2.45) is 5.16 Å². The highest BCUT2D eigenvalue weighted by Crippen LogP contribution is 2.34. The molecule has 2 rings (SSSR count). The third kappa shape index (κ3) is 3.99. The van der Waals surface area contributed by atoms with E-state index in [1.54, 1.807) is 20.3 Å². The Morgan fingerprint density at radius 2 is 1.91 bits per heavy atom. The van der Waals surface area contributed by atoms with Gasteiger partial charge in [-0.2, -0.15) is 0 Å². The van der Waals surface area contributed by atoms with Gasteiger partial charge < -0.3 is 24.2 Å². The molecule has 1 aromatic rings. The summed E-state index contributed by atoms with van der Waals surface area (Å²) >= 11 is 0. The third-order valence-electron chi connectivity index (χ3n) is 3.32. The molecule has 1 aliphatic carbocycles. The molecule has 0 saturated carbocycles. The van der Waals surface area contributed by atoms with Crippen LogP contribution in [-0.4, -0.2) is 38.7 Å². The van der Waals surface area contributed by atoms with Crippen molar-refractivity contribution in [3.8, 4) is 11.5 Å². The summed E-state index contributed by atoms with van der Waals surface area (Å²) in [5.41, 5.74) is 2.41. The smallest absolute Gasteiger partial charge is 0.188 e. The lowest BCUT2D eigenvalue weighted by Crippen LogP contribution is -2.10. The van der Waals surface area contributed by atoms with Crippen LogP contribution in [0.4, 0.5) is 0 Å². The van der Waals surface area contributed by atoms with Gasteiger partial charge in [-0.3, -0.25) is 0 Å². The summed E-state index contributed by atoms with van der Waals surface area (Å²) in [6, 6.07) is 5.49. The van der Waals surface area contributed by atoms with Gasteiger partial charge in [-0.15, -0.1) is 0 Å². The molecule has 6 heteroatoms. The maximum atomic E-state index is 9.20. The second-order valence-electron chi connectivity index (χ2n) is 4.82. The Bertz CT molecular complexity index is 553. The van der Waals surface area contributed by atoms with E-state index >= 15 is 0 Å². The first-order valence-electron chi connectivity index (χ1n) is 7.09. The number of nitrogens with zero attached hydrogens (tertiary/aromatic N) is 1. The van der Waals surface area contributed by atoms with Crippen LogP contribution in [-0.2, 0) is 9.47 Å². The molecule has 0 bridgehead atoms. The van der Waals surface area contributed by atoms with Crippen LogP contribution in [0.15, 0.2) is 29.4 Å². The molecule has 0 atom stereocenters. The van der Waals surface area contributed by atoms with Crippen molar-refractivity contribution in [2.75, 3.05) is 27.8 Å². The summed E-state index contributed by atoms with van der Waals surface area (Å²) in [6.07, 6.45) is 4.73. The van der Waals surface area contributed by atoms with Crippen LogP contribution >= 0.6 is 0 Å². The second-order valence-corrected chi connectivity index (χ2v) is 4.82. The van der Waals surface area contributed by atoms with Gasteiger partial charge in [-0.05, 0) is 31.4 Å². The first-order valence-corrected chi connectivity index (χ1v) is 7.09. The predicted molar refractivity (Wildman–Crippen MR) is 82.5 cm³/mol. The number of hydrogen-bond donors (Lipinski definition) is 1. The van der Waals surface area contributed by atoms with Crippen LogP contribution < -0.4 is 9.47 Å². The normalized spacial score (nSPS) is 16.5. The maximum absolute atomic E-state index is 9.20. The summed E-state index contributed by atoms with van der Waals surface area (Å²) in [6.45, 7) is 0.286. The fourth-order valence-corrected chi connectivity index (χ4v) is 2.32. The molecule has 0 aromatic heterocycles. The number of ether oxygens (including phenoxy) is 4. The molecule has 0 aliphatic heterocycles. The molecule has 0 spiro atoms. The monoisotopic (exact) mass is 307 g/mol. The minimum absolute atomic E-state index is 0.125. The van der Waals surface area contributed by atoms with Crippen molar-refractivity contribution < 1.29 is 24.2 Å². The molecule has 120 valence electrons. The molecule has 6 nitrogen and oxygen atoms in total. The molecule has 0 unspecified atom stereocenters. The highest BCUT2D eigenvalue weighted by Gasteiger charge is 2.19. The van der Waals surface area contributed by atoms with E-state index in [9.17, 15) is 5.21 Å². The third-order valence-corrected chi connectivity index (χ3v) is 3.32. The summed E-state index contributed by atoms with van der Waals surface area (Å²) in [5, 5.41) is 12.6. The van der Waals surface area contributed by atoms with E-state index in [0.29, 0.717) is 17.2 Å². The van der Waals surface area contributed by atoms with E-state index in [1.165, 1.54) is 0 Å². The lowest BCUT2D eigenvalue weighted by molar-refractivity contribution is 0.0459. The van der Waals surface area contributed by atoms with Crippen molar-refractivity contribution >= 4 is 11.3 Å². The molecule has 0 fully saturated rings. The number of rotatable bonds is 7. The molecular weight excluding hydrogens is 286 g/mol. The number of methoxy groups -OCH3 is 2. The number of benzene rings is 1. The minimum atomic E-state index is 0.125. The van der Waals surface area contributed by atoms with Gasteiger partial charge >= 0.3 is 0 Å². The standard InChI is InChI=1S/C16H21NO5/c1-19-10-21-12-7-8-14(16(9-12)22-11-20-2)13-5-3-4-6-15(13)17-18/h5,7-9,18H,3-4,6,10-11H2,1-2H3. The quantitative estimate of drug-likeness (QED) is 0.476. The predicted octanol–water partition coefficient (Wildman–Crippen LogP) is 3.05. The zero-order chi connectivity index (χ0) is 15.8. The zero-order valence-corrected chi connectivity index (χ0v) is 12.9. The van der Waals surface area contributed by atoms with E-state index in [0.717, 1.165) is 30.4 Å². The molecule has 1 aromatic carbocycles. The van der Waals surface area contributed by atoms with E-state index in [4.69, 9.17) is 18.9 Å². The molecule has 0 radical (unpaired) electrons. The average Bonchev–Trinajstić information content (AvgIpc) is 2.58. The van der Waals surface area contributed by atoms with Crippen LogP contribution in [0.1, 0.15) is 24.8 Å². The van der Waals surface area contributed by atoms with Crippen LogP contribution in [0.2, 0.25) is 0 Å². The van der Waals surface area contributed by atoms with Crippen molar-refractivity contribution in [1.29, 1.82) is 0 Å². The van der Waals surface area contributed by atoms with Gasteiger partial charge in [0.25, 0.3) is 0 Å². The van der Waals surface area contributed by atoms with E-state index < -0.39 is 0 Å². The molecule has 0 amide bonds. The van der Waals surface area contributed by atoms with Gasteiger partial charge in [0.15, 0.2) is 13.6 Å². The van der Waals surface area contributed by atoms with Gasteiger partial charge in [0.2, 0.25) is 0 Å². The highest BCUT2D eigenvalue weighted by atomic mass is 16.7. The van der Waals surface area contributed by atoms with Gasteiger partial charge in [0.05, 0.1) is 5.71 Å². The first-order chi connectivity index (χ1) is 10.8. The summed E-state index contributed by atoms with van der Waals surface area (Å²) < 4.78 is 20.9. The van der Waals surface area contributed by atoms with E-state index in [1.807, 2.05) is 12.1 Å². The topological polar surface area (TPSA) is 69.5 Å². The maximum Gasteiger partial charge on any atom is 0.188 e. The molecule has 0 saturated heterocycles. The summed E-state index contributed by atoms with van der Waals surface area (Å²) in [4.78, 5) is 0. The number of allylic oxidation sites excluding steroid dienone is 2. The van der Waals surface area contributed by atoms with Crippen molar-refractivity contribution in [1.82, 2.24) is 0 Å². The largest absolute Gasteiger partial charge is 0.467 e. The second kappa shape index (κ2) is 8.41. The number of hydrogen-bond acceptors (Lipinski definition) is 6. The Hall–Kier alpha value is -2.05. The zero-order valence-electron chi connectivity index (χ0n) is 12.9. The van der Waals surface area contributed by atoms with E-state index in [-0.39, 0.29) is 13.6 Å². The van der Waals surface area contributed by atoms with Gasteiger partial charge in [0.1, 0.15) is 11.5 Å². The van der Waals surface area contributed by atoms with Crippen molar-refractivity contribution in [2.45, 2.75) is 19.3 Å². The Kier molecular flexibility index (Phi) is 6.24. The molecule has 0 heterocycles. The minimum Gasteiger partial charge on any atom is -0.467 e. The Labute approximate surface area is 129 Å². The van der Waals surface area contributed by atoms with Crippen molar-refractivity contribution in [3.05, 3.63) is 29.8 Å². The first kappa shape index (κ1) is 16.3. The SMILES string of the molecule is COCOc1ccc(C2=CCCCC2=NO)c(OCOC)c1. The molecule has 22 heavy (non-hydrogen) atoms. The van der Waals surface area contributed by atoms with Gasteiger partial charge in [-0.1, -0.05) is 11.2 Å². The fourth-order valence-electron chi connectivity index (χ4n) is 2.32. The highest BCUT2D eigenvalue weighted by molar-refractivity contribution is 6.24. The van der Waals surface area contributed by atoms with Crippen LogP contribution in [0, 0.1) is 0 Å². The van der Waals surface area contributed by atoms with Crippen molar-refractivity contribution in [3.63, 3.8) is 0 Å². The van der Waals surface area contributed by atoms with Crippen LogP contribution in [0.25, 0.3) is 5.57 Å². The Morgan fingerprint density at radius 1 is 1.14 bits per heavy atom. The van der Waals surface area contributed by atoms with Gasteiger partial charge in [0, 0.05) is 31.4 Å². The van der Waals surface area contributed by atoms with E-state index in [2.05, 4.69) is 11.2 Å². The summed E-state index contributed by atoms with van der Waals surface area (Å²) in [5.74, 6) is 1.25. The van der Waals surface area contributed by atoms with Crippen LogP contribution in [0.5, 0.6) is 11.5 Å². The Balaban J connectivity index is 2.34. The number of oxime groups is 1. The van der Waals surface area contributed by atoms with Gasteiger partial charge in [-0.25, -0.2) is 0 Å².